The molecule has 0 bridgehead atoms. The van der Waals surface area contributed by atoms with Crippen LogP contribution >= 0.6 is 0 Å². The van der Waals surface area contributed by atoms with E-state index in [4.69, 9.17) is 4.74 Å². The maximum Gasteiger partial charge on any atom is 0.342 e. The smallest absolute Gasteiger partial charge is 0.342 e. The number of likely N-dealkylation sites (tertiary alicyclic amines) is 2. The lowest BCUT2D eigenvalue weighted by atomic mass is 9.70. The van der Waals surface area contributed by atoms with E-state index in [1.807, 2.05) is 9.80 Å². The zero-order chi connectivity index (χ0) is 45.4. The standard InChI is InChI=1S/C44H49F3N10O7/c1-24(2)56-23-44(46,47)41(63)52(3)33-20-48-42(51-36(33)56)49-30-6-5-25(17-34(30)64-4)38(60)54-13-9-26(10-14-54)55-21-43(22-55)11-15-53(16-12-43)32-19-28-27(18-29(32)45)39(61)57(40(28)62)31-7-8-35(58)50-37(31)59/h5-6,17-20,24,26,31H,7-16,21-23H2,1-4H3,(H,48,49,51)(H,50,58,59). The third kappa shape index (κ3) is 7.43. The molecule has 0 aliphatic carbocycles. The summed E-state index contributed by atoms with van der Waals surface area (Å²) in [7, 11) is 2.74. The Kier molecular flexibility index (Phi) is 10.8. The summed E-state index contributed by atoms with van der Waals surface area (Å²) in [5, 5.41) is 5.25. The zero-order valence-electron chi connectivity index (χ0n) is 36.0. The first-order valence-electron chi connectivity index (χ1n) is 21.6. The molecule has 1 aromatic heterocycles. The normalized spacial score (nSPS) is 22.4. The summed E-state index contributed by atoms with van der Waals surface area (Å²) in [5.74, 6) is -7.66. The number of anilines is 5. The van der Waals surface area contributed by atoms with Gasteiger partial charge < -0.3 is 29.7 Å². The minimum absolute atomic E-state index is 0.00150. The van der Waals surface area contributed by atoms with Crippen molar-refractivity contribution in [2.75, 3.05) is 80.0 Å². The minimum atomic E-state index is -3.62. The van der Waals surface area contributed by atoms with Crippen molar-refractivity contribution in [1.82, 2.24) is 30.0 Å². The third-order valence-corrected chi connectivity index (χ3v) is 13.7. The molecule has 1 spiro atoms. The molecule has 0 radical (unpaired) electrons. The van der Waals surface area contributed by atoms with Gasteiger partial charge in [-0.2, -0.15) is 13.8 Å². The van der Waals surface area contributed by atoms with Crippen LogP contribution in [0.4, 0.5) is 42.0 Å². The summed E-state index contributed by atoms with van der Waals surface area (Å²) < 4.78 is 50.8. The van der Waals surface area contributed by atoms with Gasteiger partial charge >= 0.3 is 5.92 Å². The molecule has 0 saturated carbocycles. The fourth-order valence-electron chi connectivity index (χ4n) is 10.0. The van der Waals surface area contributed by atoms with Crippen molar-refractivity contribution >= 4 is 64.3 Å². The number of imide groups is 2. The number of nitrogens with one attached hydrogen (secondary N) is 2. The van der Waals surface area contributed by atoms with Crippen LogP contribution in [0.2, 0.25) is 0 Å². The molecule has 9 rings (SSSR count). The van der Waals surface area contributed by atoms with E-state index in [0.29, 0.717) is 49.2 Å². The number of aromatic nitrogens is 2. The first-order chi connectivity index (χ1) is 30.5. The van der Waals surface area contributed by atoms with E-state index >= 15 is 4.39 Å². The van der Waals surface area contributed by atoms with Gasteiger partial charge in [0, 0.05) is 70.4 Å². The molecule has 1 unspecified atom stereocenters. The van der Waals surface area contributed by atoms with Gasteiger partial charge in [0.05, 0.1) is 42.4 Å². The Morgan fingerprint density at radius 3 is 2.27 bits per heavy atom. The average molecular weight is 887 g/mol. The average Bonchev–Trinajstić information content (AvgIpc) is 3.46. The van der Waals surface area contributed by atoms with Gasteiger partial charge in [-0.3, -0.25) is 43.9 Å². The molecule has 3 aromatic rings. The van der Waals surface area contributed by atoms with Crippen molar-refractivity contribution in [1.29, 1.82) is 0 Å². The quantitative estimate of drug-likeness (QED) is 0.312. The Labute approximate surface area is 366 Å². The Bertz CT molecular complexity index is 2460. The van der Waals surface area contributed by atoms with Gasteiger partial charge in [0.25, 0.3) is 23.6 Å². The van der Waals surface area contributed by atoms with Crippen molar-refractivity contribution in [3.63, 3.8) is 0 Å². The van der Waals surface area contributed by atoms with Crippen molar-refractivity contribution in [3.05, 3.63) is 59.0 Å². The molecule has 20 heteroatoms. The number of amides is 6. The highest BCUT2D eigenvalue weighted by Crippen LogP contribution is 2.45. The van der Waals surface area contributed by atoms with Gasteiger partial charge in [-0.15, -0.1) is 0 Å². The maximum atomic E-state index is 15.6. The summed E-state index contributed by atoms with van der Waals surface area (Å²) in [4.78, 5) is 95.0. The van der Waals surface area contributed by atoms with E-state index in [0.717, 1.165) is 54.6 Å². The molecule has 7 heterocycles. The number of hydrogen-bond acceptors (Lipinski definition) is 13. The van der Waals surface area contributed by atoms with Crippen LogP contribution in [0.25, 0.3) is 0 Å². The van der Waals surface area contributed by atoms with Crippen molar-refractivity contribution in [2.45, 2.75) is 76.4 Å². The van der Waals surface area contributed by atoms with E-state index in [1.54, 1.807) is 32.0 Å². The zero-order valence-corrected chi connectivity index (χ0v) is 36.0. The SMILES string of the molecule is COc1cc(C(=O)N2CCC(N3CC4(CCN(c5cc6c(cc5F)C(=O)N(C5CCC(=O)NC5=O)C6=O)CC4)C3)CC2)ccc1Nc1ncc2c(n1)N(C(C)C)CC(F)(F)C(=O)N2C. The van der Waals surface area contributed by atoms with Crippen molar-refractivity contribution in [2.24, 2.45) is 5.41 Å². The highest BCUT2D eigenvalue weighted by atomic mass is 19.3. The number of ether oxygens (including phenoxy) is 1. The second-order valence-electron chi connectivity index (χ2n) is 17.9. The van der Waals surface area contributed by atoms with E-state index in [2.05, 4.69) is 25.5 Å². The molecule has 4 fully saturated rings. The second kappa shape index (κ2) is 16.0. The minimum Gasteiger partial charge on any atom is -0.495 e. The number of carbonyl (C=O) groups is 6. The van der Waals surface area contributed by atoms with Gasteiger partial charge in [-0.1, -0.05) is 0 Å². The van der Waals surface area contributed by atoms with E-state index < -0.39 is 59.9 Å². The molecule has 1 atom stereocenters. The number of rotatable bonds is 8. The molecule has 6 amide bonds. The highest BCUT2D eigenvalue weighted by molar-refractivity contribution is 6.23. The molecular weight excluding hydrogens is 838 g/mol. The highest BCUT2D eigenvalue weighted by Gasteiger charge is 2.50. The summed E-state index contributed by atoms with van der Waals surface area (Å²) in [5.41, 5.74) is 1.35. The molecule has 6 aliphatic rings. The molecule has 2 aromatic carbocycles. The number of alkyl halides is 2. The van der Waals surface area contributed by atoms with Crippen LogP contribution in [0.5, 0.6) is 5.75 Å². The molecule has 17 nitrogen and oxygen atoms in total. The number of methoxy groups -OCH3 is 1. The number of fused-ring (bicyclic) bond motifs is 2. The van der Waals surface area contributed by atoms with Gasteiger partial charge in [-0.05, 0) is 81.7 Å². The van der Waals surface area contributed by atoms with Gasteiger partial charge in [0.2, 0.25) is 17.8 Å². The lowest BCUT2D eigenvalue weighted by Crippen LogP contribution is -2.64. The van der Waals surface area contributed by atoms with Crippen molar-refractivity contribution in [3.8, 4) is 5.75 Å². The van der Waals surface area contributed by atoms with Gasteiger partial charge in [0.15, 0.2) is 5.82 Å². The number of halogens is 3. The fourth-order valence-corrected chi connectivity index (χ4v) is 10.0. The molecular formula is C44H49F3N10O7. The Morgan fingerprint density at radius 1 is 0.922 bits per heavy atom. The Hall–Kier alpha value is -6.31. The molecule has 6 aliphatic heterocycles. The van der Waals surface area contributed by atoms with Crippen LogP contribution in [-0.4, -0.2) is 144 Å². The maximum absolute atomic E-state index is 15.6. The number of piperidine rings is 3. The number of carbonyl (C=O) groups excluding carboxylic acids is 6. The van der Waals surface area contributed by atoms with E-state index in [1.165, 1.54) is 31.3 Å². The predicted octanol–water partition coefficient (Wildman–Crippen LogP) is 3.80. The van der Waals surface area contributed by atoms with Crippen LogP contribution in [0.15, 0.2) is 36.5 Å². The van der Waals surface area contributed by atoms with Crippen LogP contribution in [-0.2, 0) is 14.4 Å². The van der Waals surface area contributed by atoms with Crippen LogP contribution in [0.3, 0.4) is 0 Å². The fraction of sp³-hybridized carbons (Fsp3) is 0.500. The largest absolute Gasteiger partial charge is 0.495 e. The molecule has 338 valence electrons. The predicted molar refractivity (Wildman–Crippen MR) is 227 cm³/mol. The lowest BCUT2D eigenvalue weighted by molar-refractivity contribution is -0.140. The van der Waals surface area contributed by atoms with Crippen LogP contribution in [0.1, 0.15) is 83.4 Å². The summed E-state index contributed by atoms with van der Waals surface area (Å²) in [6.07, 6.45) is 4.62. The van der Waals surface area contributed by atoms with Gasteiger partial charge in [-0.25, -0.2) is 9.37 Å². The first-order valence-corrected chi connectivity index (χ1v) is 21.6. The summed E-state index contributed by atoms with van der Waals surface area (Å²) >= 11 is 0. The Morgan fingerprint density at radius 2 is 1.61 bits per heavy atom. The summed E-state index contributed by atoms with van der Waals surface area (Å²) in [6.45, 7) is 6.75. The van der Waals surface area contributed by atoms with E-state index in [9.17, 15) is 37.5 Å². The summed E-state index contributed by atoms with van der Waals surface area (Å²) in [6, 6.07) is 6.31. The van der Waals surface area contributed by atoms with Crippen LogP contribution in [0, 0.1) is 11.2 Å². The monoisotopic (exact) mass is 886 g/mol. The lowest BCUT2D eigenvalue weighted by Gasteiger charge is -2.57. The van der Waals surface area contributed by atoms with Crippen molar-refractivity contribution < 1.29 is 46.7 Å². The second-order valence-corrected chi connectivity index (χ2v) is 17.9. The third-order valence-electron chi connectivity index (χ3n) is 13.7. The molecule has 64 heavy (non-hydrogen) atoms. The Balaban J connectivity index is 0.779. The topological polar surface area (TPSA) is 181 Å². The van der Waals surface area contributed by atoms with Crippen LogP contribution < -0.4 is 30.1 Å². The number of benzene rings is 2. The molecule has 4 saturated heterocycles. The van der Waals surface area contributed by atoms with E-state index in [-0.39, 0.29) is 58.4 Å². The molecule has 2 N–H and O–H groups in total. The number of nitrogens with zero attached hydrogens (tertiary/aromatic N) is 8. The first kappa shape index (κ1) is 43.0. The van der Waals surface area contributed by atoms with Gasteiger partial charge in [0.1, 0.15) is 23.3 Å². The number of hydrogen-bond donors (Lipinski definition) is 2.